The van der Waals surface area contributed by atoms with Crippen LogP contribution in [0.1, 0.15) is 41.0 Å². The van der Waals surface area contributed by atoms with Crippen LogP contribution in [0.15, 0.2) is 66.5 Å². The van der Waals surface area contributed by atoms with E-state index in [2.05, 4.69) is 24.5 Å². The average molecular weight is 541 g/mol. The monoisotopic (exact) mass is 540 g/mol. The van der Waals surface area contributed by atoms with Crippen molar-refractivity contribution < 1.29 is 22.5 Å². The number of rotatable bonds is 7. The first-order valence-electron chi connectivity index (χ1n) is 11.5. The molecule has 0 radical (unpaired) electrons. The minimum atomic E-state index is -4.31. The summed E-state index contributed by atoms with van der Waals surface area (Å²) in [5.41, 5.74) is -1.02. The molecule has 3 rings (SSSR count). The molecule has 0 amide bonds. The van der Waals surface area contributed by atoms with E-state index in [1.165, 1.54) is 36.4 Å². The second-order valence-corrected chi connectivity index (χ2v) is 14.7. The highest BCUT2D eigenvalue weighted by Gasteiger charge is 2.33. The quantitative estimate of drug-likeness (QED) is 0.340. The van der Waals surface area contributed by atoms with Crippen molar-refractivity contribution in [2.24, 2.45) is 13.5 Å². The maximum Gasteiger partial charge on any atom is 0.290 e. The normalized spacial score (nSPS) is 17.3. The predicted octanol–water partition coefficient (Wildman–Crippen LogP) is 5.46. The number of halogens is 1. The average Bonchev–Trinajstić information content (AvgIpc) is 2.77. The number of sulfonamides is 1. The molecule has 2 aromatic rings. The number of nitro benzene ring substituents is 1. The molecule has 1 aliphatic rings. The highest BCUT2D eigenvalue weighted by Crippen LogP contribution is 2.35. The Morgan fingerprint density at radius 3 is 2.00 bits per heavy atom. The molecule has 9 nitrogen and oxygen atoms in total. The van der Waals surface area contributed by atoms with Crippen LogP contribution in [0.5, 0.6) is 0 Å². The van der Waals surface area contributed by atoms with E-state index in [4.69, 9.17) is 9.10 Å². The molecule has 0 N–H and O–H groups in total. The van der Waals surface area contributed by atoms with Gasteiger partial charge < -0.3 is 4.74 Å². The Kier molecular flexibility index (Phi) is 8.23. The summed E-state index contributed by atoms with van der Waals surface area (Å²) in [5.74, 6) is -0.457. The van der Waals surface area contributed by atoms with Gasteiger partial charge in [-0.2, -0.15) is 8.42 Å². The zero-order valence-corrected chi connectivity index (χ0v) is 22.8. The smallest absolute Gasteiger partial charge is 0.290 e. The molecule has 198 valence electrons. The molecule has 0 spiro atoms. The molecule has 1 unspecified atom stereocenters. The van der Waals surface area contributed by atoms with E-state index in [1.807, 2.05) is 18.2 Å². The molecular weight excluding hydrogens is 507 g/mol. The van der Waals surface area contributed by atoms with E-state index in [9.17, 15) is 22.9 Å². The highest BCUT2D eigenvalue weighted by atomic mass is 32.3. The van der Waals surface area contributed by atoms with E-state index >= 15 is 0 Å². The van der Waals surface area contributed by atoms with Crippen LogP contribution in [0.4, 0.5) is 10.1 Å². The standard InChI is InChI=1S/C24H33FN4O5S2/c1-23(2,3)18-24(4,5)26-35(28-14-16-34-17-15-28,21-10-6-19(25)7-11-21)27-36(32,33)22-12-8-20(9-13-22)29(30)31/h6-13H,14-18H2,1-5H3. The maximum absolute atomic E-state index is 13.9. The van der Waals surface area contributed by atoms with Crippen LogP contribution >= 0.6 is 0 Å². The van der Waals surface area contributed by atoms with Crippen LogP contribution < -0.4 is 0 Å². The van der Waals surface area contributed by atoms with E-state index in [1.54, 1.807) is 0 Å². The number of hydrogen-bond donors (Lipinski definition) is 0. The van der Waals surface area contributed by atoms with Crippen molar-refractivity contribution in [3.05, 3.63) is 64.5 Å². The van der Waals surface area contributed by atoms with Crippen molar-refractivity contribution in [2.75, 3.05) is 26.3 Å². The Balaban J connectivity index is 2.38. The Hall–Kier alpha value is -2.41. The lowest BCUT2D eigenvalue weighted by Crippen LogP contribution is -2.42. The van der Waals surface area contributed by atoms with E-state index in [-0.39, 0.29) is 16.0 Å². The van der Waals surface area contributed by atoms with Gasteiger partial charge >= 0.3 is 0 Å². The van der Waals surface area contributed by atoms with Gasteiger partial charge in [0.1, 0.15) is 5.82 Å². The third-order valence-corrected chi connectivity index (χ3v) is 10.6. The van der Waals surface area contributed by atoms with Crippen molar-refractivity contribution in [1.82, 2.24) is 4.31 Å². The van der Waals surface area contributed by atoms with Gasteiger partial charge in [0.15, 0.2) is 0 Å². The second-order valence-electron chi connectivity index (χ2n) is 10.5. The van der Waals surface area contributed by atoms with E-state index in [0.29, 0.717) is 37.6 Å². The predicted molar refractivity (Wildman–Crippen MR) is 138 cm³/mol. The summed E-state index contributed by atoms with van der Waals surface area (Å²) in [5, 5.41) is 11.1. The van der Waals surface area contributed by atoms with Gasteiger partial charge in [-0.1, -0.05) is 20.8 Å². The molecule has 0 saturated carbocycles. The summed E-state index contributed by atoms with van der Waals surface area (Å²) in [7, 11) is -7.26. The Labute approximate surface area is 212 Å². The fourth-order valence-corrected chi connectivity index (χ4v) is 9.58. The summed E-state index contributed by atoms with van der Waals surface area (Å²) < 4.78 is 58.4. The SMILES string of the molecule is CC(C)(C)CC(C)(C)N=S(=NS(=O)(=O)c1ccc([N+](=O)[O-])cc1)(c1ccc(F)cc1)N1CCOCC1. The largest absolute Gasteiger partial charge is 0.379 e. The van der Waals surface area contributed by atoms with Crippen molar-refractivity contribution >= 4 is 25.5 Å². The van der Waals surface area contributed by atoms with E-state index < -0.39 is 36.1 Å². The van der Waals surface area contributed by atoms with Crippen LogP contribution in [0, 0.1) is 21.3 Å². The molecule has 1 saturated heterocycles. The van der Waals surface area contributed by atoms with Crippen LogP contribution in [0.3, 0.4) is 0 Å². The first-order chi connectivity index (χ1) is 16.6. The third kappa shape index (κ3) is 6.87. The van der Waals surface area contributed by atoms with Crippen LogP contribution in [0.2, 0.25) is 0 Å². The minimum Gasteiger partial charge on any atom is -0.379 e. The summed E-state index contributed by atoms with van der Waals surface area (Å²) >= 11 is 0. The van der Waals surface area contributed by atoms with Gasteiger partial charge in [-0.3, -0.25) is 10.1 Å². The molecule has 2 aromatic carbocycles. The topological polar surface area (TPSA) is 114 Å². The molecule has 1 heterocycles. The Morgan fingerprint density at radius 2 is 1.50 bits per heavy atom. The molecule has 1 aliphatic heterocycles. The third-order valence-electron chi connectivity index (χ3n) is 5.34. The van der Waals surface area contributed by atoms with Gasteiger partial charge in [0.05, 0.1) is 28.6 Å². The lowest BCUT2D eigenvalue weighted by molar-refractivity contribution is -0.384. The van der Waals surface area contributed by atoms with Gasteiger partial charge in [0.2, 0.25) is 0 Å². The lowest BCUT2D eigenvalue weighted by Gasteiger charge is -2.37. The first kappa shape index (κ1) is 28.2. The second kappa shape index (κ2) is 10.5. The van der Waals surface area contributed by atoms with Gasteiger partial charge in [-0.25, -0.2) is 13.1 Å². The molecule has 36 heavy (non-hydrogen) atoms. The number of nitro groups is 1. The number of ether oxygens (including phenoxy) is 1. The molecule has 12 heteroatoms. The summed E-state index contributed by atoms with van der Waals surface area (Å²) in [6, 6.07) is 10.2. The van der Waals surface area contributed by atoms with Crippen molar-refractivity contribution in [1.29, 1.82) is 0 Å². The molecular formula is C24H33FN4O5S2. The number of morpholine rings is 1. The molecule has 0 aromatic heterocycles. The van der Waals surface area contributed by atoms with Gasteiger partial charge in [0, 0.05) is 39.9 Å². The number of non-ortho nitro benzene ring substituents is 1. The minimum absolute atomic E-state index is 0.108. The Morgan fingerprint density at radius 1 is 0.972 bits per heavy atom. The highest BCUT2D eigenvalue weighted by molar-refractivity contribution is 8.03. The van der Waals surface area contributed by atoms with Gasteiger partial charge in [-0.15, -0.1) is 3.77 Å². The fourth-order valence-electron chi connectivity index (χ4n) is 4.38. The van der Waals surface area contributed by atoms with Gasteiger partial charge in [0.25, 0.3) is 15.7 Å². The van der Waals surface area contributed by atoms with Crippen molar-refractivity contribution in [3.8, 4) is 0 Å². The zero-order valence-electron chi connectivity index (χ0n) is 21.2. The van der Waals surface area contributed by atoms with Crippen LogP contribution in [-0.4, -0.2) is 49.5 Å². The van der Waals surface area contributed by atoms with Crippen molar-refractivity contribution in [3.63, 3.8) is 0 Å². The van der Waals surface area contributed by atoms with Crippen LogP contribution in [-0.2, 0) is 24.6 Å². The summed E-state index contributed by atoms with van der Waals surface area (Å²) in [6.07, 6.45) is 0.646. The molecule has 1 atom stereocenters. The number of hydrogen-bond acceptors (Lipinski definition) is 6. The number of nitrogens with zero attached hydrogens (tertiary/aromatic N) is 4. The zero-order chi connectivity index (χ0) is 26.8. The number of benzene rings is 2. The first-order valence-corrected chi connectivity index (χ1v) is 14.5. The molecule has 0 bridgehead atoms. The lowest BCUT2D eigenvalue weighted by atomic mass is 9.82. The Bertz CT molecular complexity index is 1320. The molecule has 1 fully saturated rings. The van der Waals surface area contributed by atoms with Crippen LogP contribution in [0.25, 0.3) is 0 Å². The van der Waals surface area contributed by atoms with Crippen molar-refractivity contribution in [2.45, 2.75) is 56.4 Å². The van der Waals surface area contributed by atoms with E-state index in [0.717, 1.165) is 12.1 Å². The van der Waals surface area contributed by atoms with Gasteiger partial charge in [-0.05, 0) is 62.1 Å². The molecule has 0 aliphatic carbocycles. The summed E-state index contributed by atoms with van der Waals surface area (Å²) in [6.45, 7) is 11.7. The fraction of sp³-hybridized carbons (Fsp3) is 0.500. The summed E-state index contributed by atoms with van der Waals surface area (Å²) in [4.78, 5) is 10.8. The maximum atomic E-state index is 13.9.